The van der Waals surface area contributed by atoms with Gasteiger partial charge in [-0.3, -0.25) is 4.98 Å². The molecule has 0 bridgehead atoms. The lowest BCUT2D eigenvalue weighted by molar-refractivity contribution is -0.00492. The largest absolute Gasteiger partial charge is 0.497 e. The summed E-state index contributed by atoms with van der Waals surface area (Å²) < 4.78 is 23.3. The number of likely N-dealkylation sites (tertiary alicyclic amines) is 1. The van der Waals surface area contributed by atoms with Crippen LogP contribution in [0.5, 0.6) is 17.2 Å². The normalized spacial score (nSPS) is 16.1. The molecule has 1 aromatic heterocycles. The van der Waals surface area contributed by atoms with E-state index in [1.807, 2.05) is 6.20 Å². The number of hydrogen-bond acceptors (Lipinski definition) is 7. The molecule has 2 aliphatic rings. The third kappa shape index (κ3) is 7.61. The minimum Gasteiger partial charge on any atom is -0.497 e. The SMILES string of the molecule is CC/C=C(\OC(C)(C)C)N1CCC(N(Cc2ccnc(-c3cc(OC)c(OC)c(C4CC4)c3)c2)c2ccc(OC)cc2)CC1. The summed E-state index contributed by atoms with van der Waals surface area (Å²) in [6.07, 6.45) is 9.55. The Kier molecular flexibility index (Phi) is 9.92. The van der Waals surface area contributed by atoms with Crippen molar-refractivity contribution in [3.63, 3.8) is 0 Å². The molecule has 7 heteroatoms. The van der Waals surface area contributed by atoms with E-state index in [4.69, 9.17) is 23.9 Å². The smallest absolute Gasteiger partial charge is 0.185 e. The molecule has 1 saturated heterocycles. The van der Waals surface area contributed by atoms with Gasteiger partial charge in [0, 0.05) is 48.7 Å². The molecule has 0 radical (unpaired) electrons. The van der Waals surface area contributed by atoms with Crippen molar-refractivity contribution in [3.05, 3.63) is 77.8 Å². The number of nitrogens with zero attached hydrogens (tertiary/aromatic N) is 3. The first kappa shape index (κ1) is 31.6. The number of benzene rings is 2. The van der Waals surface area contributed by atoms with Gasteiger partial charge in [-0.05, 0) is 119 Å². The van der Waals surface area contributed by atoms with E-state index in [1.165, 1.54) is 29.7 Å². The topological polar surface area (TPSA) is 56.3 Å². The predicted octanol–water partition coefficient (Wildman–Crippen LogP) is 8.19. The minimum atomic E-state index is -0.223. The number of hydrogen-bond donors (Lipinski definition) is 0. The third-order valence-corrected chi connectivity index (χ3v) is 8.41. The van der Waals surface area contributed by atoms with E-state index in [2.05, 4.69) is 92.1 Å². The van der Waals surface area contributed by atoms with Crippen molar-refractivity contribution in [2.24, 2.45) is 0 Å². The van der Waals surface area contributed by atoms with Crippen LogP contribution in [0.3, 0.4) is 0 Å². The van der Waals surface area contributed by atoms with Crippen molar-refractivity contribution in [3.8, 4) is 28.5 Å². The van der Waals surface area contributed by atoms with Crippen LogP contribution in [0.15, 0.2) is 66.7 Å². The number of piperidine rings is 1. The molecule has 2 fully saturated rings. The van der Waals surface area contributed by atoms with Gasteiger partial charge in [-0.25, -0.2) is 0 Å². The zero-order chi connectivity index (χ0) is 31.3. The second-order valence-corrected chi connectivity index (χ2v) is 12.8. The van der Waals surface area contributed by atoms with E-state index in [0.29, 0.717) is 12.0 Å². The molecule has 2 heterocycles. The first-order valence-corrected chi connectivity index (χ1v) is 16.0. The second kappa shape index (κ2) is 13.8. The highest BCUT2D eigenvalue weighted by Crippen LogP contribution is 2.49. The van der Waals surface area contributed by atoms with Gasteiger partial charge in [-0.1, -0.05) is 6.92 Å². The Labute approximate surface area is 263 Å². The molecule has 1 aliphatic carbocycles. The first-order chi connectivity index (χ1) is 21.2. The Morgan fingerprint density at radius 3 is 2.25 bits per heavy atom. The van der Waals surface area contributed by atoms with Crippen molar-refractivity contribution in [1.82, 2.24) is 9.88 Å². The molecule has 0 N–H and O–H groups in total. The van der Waals surface area contributed by atoms with Gasteiger partial charge in [0.2, 0.25) is 0 Å². The van der Waals surface area contributed by atoms with Crippen molar-refractivity contribution >= 4 is 5.69 Å². The number of ether oxygens (including phenoxy) is 4. The summed E-state index contributed by atoms with van der Waals surface area (Å²) in [5.41, 5.74) is 5.42. The molecule has 1 saturated carbocycles. The fourth-order valence-corrected chi connectivity index (χ4v) is 6.09. The molecule has 2 aromatic carbocycles. The molecule has 1 aliphatic heterocycles. The maximum Gasteiger partial charge on any atom is 0.185 e. The number of allylic oxidation sites excluding steroid dienone is 1. The lowest BCUT2D eigenvalue weighted by Crippen LogP contribution is -2.45. The van der Waals surface area contributed by atoms with Crippen LogP contribution in [-0.2, 0) is 11.3 Å². The van der Waals surface area contributed by atoms with Crippen LogP contribution in [-0.4, -0.2) is 55.9 Å². The lowest BCUT2D eigenvalue weighted by Gasteiger charge is -2.42. The molecule has 0 spiro atoms. The first-order valence-electron chi connectivity index (χ1n) is 16.0. The van der Waals surface area contributed by atoms with E-state index >= 15 is 0 Å². The fraction of sp³-hybridized carbons (Fsp3) is 0.486. The van der Waals surface area contributed by atoms with Gasteiger partial charge in [0.25, 0.3) is 0 Å². The summed E-state index contributed by atoms with van der Waals surface area (Å²) in [7, 11) is 5.14. The Hall–Kier alpha value is -3.87. The highest BCUT2D eigenvalue weighted by molar-refractivity contribution is 5.68. The lowest BCUT2D eigenvalue weighted by atomic mass is 9.99. The Bertz CT molecular complexity index is 1420. The highest BCUT2D eigenvalue weighted by atomic mass is 16.5. The van der Waals surface area contributed by atoms with Gasteiger partial charge in [-0.2, -0.15) is 0 Å². The Morgan fingerprint density at radius 2 is 1.66 bits per heavy atom. The minimum absolute atomic E-state index is 0.223. The summed E-state index contributed by atoms with van der Waals surface area (Å²) in [4.78, 5) is 9.76. The zero-order valence-electron chi connectivity index (χ0n) is 27.6. The second-order valence-electron chi connectivity index (χ2n) is 12.8. The molecule has 0 amide bonds. The third-order valence-electron chi connectivity index (χ3n) is 8.41. The van der Waals surface area contributed by atoms with Crippen molar-refractivity contribution in [1.29, 1.82) is 0 Å². The number of methoxy groups -OCH3 is 3. The number of aromatic nitrogens is 1. The summed E-state index contributed by atoms with van der Waals surface area (Å²) in [6.45, 7) is 11.2. The quantitative estimate of drug-likeness (QED) is 0.195. The van der Waals surface area contributed by atoms with E-state index < -0.39 is 0 Å². The average Bonchev–Trinajstić information content (AvgIpc) is 3.88. The molecule has 0 atom stereocenters. The van der Waals surface area contributed by atoms with Crippen LogP contribution in [0.25, 0.3) is 11.3 Å². The van der Waals surface area contributed by atoms with E-state index in [9.17, 15) is 0 Å². The van der Waals surface area contributed by atoms with Gasteiger partial charge in [0.1, 0.15) is 11.4 Å². The average molecular weight is 600 g/mol. The molecule has 236 valence electrons. The van der Waals surface area contributed by atoms with Crippen molar-refractivity contribution < 1.29 is 18.9 Å². The number of rotatable bonds is 12. The monoisotopic (exact) mass is 599 g/mol. The predicted molar refractivity (Wildman–Crippen MR) is 178 cm³/mol. The van der Waals surface area contributed by atoms with Crippen LogP contribution in [0, 0.1) is 0 Å². The molecule has 0 unspecified atom stereocenters. The van der Waals surface area contributed by atoms with Crippen molar-refractivity contribution in [2.45, 2.75) is 83.9 Å². The van der Waals surface area contributed by atoms with Crippen molar-refractivity contribution in [2.75, 3.05) is 39.3 Å². The van der Waals surface area contributed by atoms with E-state index in [-0.39, 0.29) is 5.60 Å². The molecule has 44 heavy (non-hydrogen) atoms. The van der Waals surface area contributed by atoms with Crippen LogP contribution in [0.4, 0.5) is 5.69 Å². The van der Waals surface area contributed by atoms with Gasteiger partial charge < -0.3 is 28.7 Å². The molecule has 5 rings (SSSR count). The Morgan fingerprint density at radius 1 is 0.932 bits per heavy atom. The van der Waals surface area contributed by atoms with Crippen LogP contribution >= 0.6 is 0 Å². The van der Waals surface area contributed by atoms with Gasteiger partial charge in [-0.15, -0.1) is 0 Å². The van der Waals surface area contributed by atoms with Crippen LogP contribution < -0.4 is 19.1 Å². The van der Waals surface area contributed by atoms with Gasteiger partial charge in [0.05, 0.1) is 27.0 Å². The Balaban J connectivity index is 1.40. The standard InChI is InChI=1S/C37H49N3O4/c1-8-9-35(44-37(2,3)4)39-20-17-30(18-21-39)40(29-12-14-31(41-5)15-13-29)25-26-16-19-38-33(22-26)28-23-32(27-10-11-27)36(43-7)34(24-28)42-6/h9,12-16,19,22-24,27,30H,8,10-11,17-18,20-21,25H2,1-7H3/b35-9-. The molecule has 3 aromatic rings. The maximum absolute atomic E-state index is 6.37. The summed E-state index contributed by atoms with van der Waals surface area (Å²) in [5.74, 6) is 4.01. The van der Waals surface area contributed by atoms with Crippen LogP contribution in [0.1, 0.15) is 76.8 Å². The van der Waals surface area contributed by atoms with E-state index in [1.54, 1.807) is 21.3 Å². The zero-order valence-corrected chi connectivity index (χ0v) is 27.6. The van der Waals surface area contributed by atoms with E-state index in [0.717, 1.165) is 73.3 Å². The van der Waals surface area contributed by atoms with Gasteiger partial charge >= 0.3 is 0 Å². The molecular formula is C37H49N3O4. The summed E-state index contributed by atoms with van der Waals surface area (Å²) in [5, 5.41) is 0. The molecule has 7 nitrogen and oxygen atoms in total. The number of anilines is 1. The maximum atomic E-state index is 6.37. The number of pyridine rings is 1. The molecular weight excluding hydrogens is 550 g/mol. The summed E-state index contributed by atoms with van der Waals surface area (Å²) >= 11 is 0. The highest BCUT2D eigenvalue weighted by Gasteiger charge is 2.30. The van der Waals surface area contributed by atoms with Crippen LogP contribution in [0.2, 0.25) is 0 Å². The van der Waals surface area contributed by atoms with Gasteiger partial charge in [0.15, 0.2) is 17.4 Å². The summed E-state index contributed by atoms with van der Waals surface area (Å²) in [6, 6.07) is 17.5. The fourth-order valence-electron chi connectivity index (χ4n) is 6.09.